The summed E-state index contributed by atoms with van der Waals surface area (Å²) in [7, 11) is 0. The summed E-state index contributed by atoms with van der Waals surface area (Å²) in [6.45, 7) is 4.57. The van der Waals surface area contributed by atoms with Crippen molar-refractivity contribution in [3.63, 3.8) is 0 Å². The molecule has 3 aromatic rings. The fourth-order valence-corrected chi connectivity index (χ4v) is 6.02. The molecule has 2 saturated heterocycles. The van der Waals surface area contributed by atoms with E-state index in [0.29, 0.717) is 24.0 Å². The lowest BCUT2D eigenvalue weighted by Crippen LogP contribution is -2.34. The highest BCUT2D eigenvalue weighted by molar-refractivity contribution is 8.00. The average Bonchev–Trinajstić information content (AvgIpc) is 3.34. The van der Waals surface area contributed by atoms with Gasteiger partial charge in [0.2, 0.25) is 11.9 Å². The Balaban J connectivity index is 1.17. The van der Waals surface area contributed by atoms with Crippen LogP contribution >= 0.6 is 11.8 Å². The van der Waals surface area contributed by atoms with E-state index in [1.165, 1.54) is 5.69 Å². The first-order valence-corrected chi connectivity index (χ1v) is 13.7. The van der Waals surface area contributed by atoms with Gasteiger partial charge in [0, 0.05) is 48.2 Å². The van der Waals surface area contributed by atoms with E-state index >= 15 is 0 Å². The number of carbonyl (C=O) groups is 2. The molecule has 2 aliphatic rings. The van der Waals surface area contributed by atoms with Crippen LogP contribution in [0.15, 0.2) is 54.7 Å². The monoisotopic (exact) mass is 517 g/mol. The van der Waals surface area contributed by atoms with Crippen LogP contribution in [-0.2, 0) is 9.53 Å². The van der Waals surface area contributed by atoms with Gasteiger partial charge in [-0.1, -0.05) is 12.1 Å². The first-order valence-electron chi connectivity index (χ1n) is 12.6. The number of cyclic esters (lactones) is 1. The van der Waals surface area contributed by atoms with Crippen molar-refractivity contribution in [2.45, 2.75) is 31.4 Å². The number of nitrogens with two attached hydrogens (primary N) is 1. The van der Waals surface area contributed by atoms with Crippen molar-refractivity contribution in [3.05, 3.63) is 65.9 Å². The van der Waals surface area contributed by atoms with Crippen LogP contribution in [0.4, 0.5) is 17.3 Å². The molecule has 3 heterocycles. The van der Waals surface area contributed by atoms with Gasteiger partial charge in [0.05, 0.1) is 12.3 Å². The normalized spacial score (nSPS) is 18.0. The number of amides is 1. The third-order valence-electron chi connectivity index (χ3n) is 6.94. The Morgan fingerprint density at radius 1 is 1.11 bits per heavy atom. The molecule has 9 heteroatoms. The Morgan fingerprint density at radius 2 is 1.84 bits per heavy atom. The average molecular weight is 518 g/mol. The van der Waals surface area contributed by atoms with E-state index in [9.17, 15) is 9.59 Å². The van der Waals surface area contributed by atoms with E-state index in [1.54, 1.807) is 30.1 Å². The van der Waals surface area contributed by atoms with E-state index < -0.39 is 5.91 Å². The van der Waals surface area contributed by atoms with E-state index in [1.807, 2.05) is 31.2 Å². The van der Waals surface area contributed by atoms with Crippen LogP contribution in [0.3, 0.4) is 0 Å². The molecule has 1 atom stereocenters. The standard InChI is InChI=1S/C28H31N5O3S/c1-18-16-30-28(32-25(18)20-2-4-21(5-3-20)26(29)34)31-22-6-8-23(9-7-22)33-13-10-19(11-14-33)17-37-24-12-15-36-27(24)35/h2-9,16,19,24H,10-15,17H2,1H3,(H2,29,34)(H,30,31,32). The summed E-state index contributed by atoms with van der Waals surface area (Å²) in [6.07, 6.45) is 4.91. The Bertz CT molecular complexity index is 1260. The van der Waals surface area contributed by atoms with Gasteiger partial charge in [0.15, 0.2) is 0 Å². The van der Waals surface area contributed by atoms with Gasteiger partial charge in [0.1, 0.15) is 5.25 Å². The molecule has 3 N–H and O–H groups in total. The summed E-state index contributed by atoms with van der Waals surface area (Å²) in [4.78, 5) is 34.6. The Labute approximate surface area is 221 Å². The van der Waals surface area contributed by atoms with E-state index in [4.69, 9.17) is 15.5 Å². The summed E-state index contributed by atoms with van der Waals surface area (Å²) in [5.74, 6) is 1.70. The lowest BCUT2D eigenvalue weighted by atomic mass is 9.98. The molecule has 0 spiro atoms. The van der Waals surface area contributed by atoms with Crippen LogP contribution in [0.25, 0.3) is 11.3 Å². The number of hydrogen-bond acceptors (Lipinski definition) is 8. The summed E-state index contributed by atoms with van der Waals surface area (Å²) in [6, 6.07) is 15.5. The summed E-state index contributed by atoms with van der Waals surface area (Å²) in [5.41, 5.74) is 10.6. The molecule has 192 valence electrons. The van der Waals surface area contributed by atoms with Gasteiger partial charge < -0.3 is 20.7 Å². The smallest absolute Gasteiger partial charge is 0.319 e. The van der Waals surface area contributed by atoms with Crippen LogP contribution in [-0.4, -0.2) is 52.5 Å². The zero-order chi connectivity index (χ0) is 25.8. The number of hydrogen-bond donors (Lipinski definition) is 2. The van der Waals surface area contributed by atoms with Gasteiger partial charge in [-0.25, -0.2) is 9.97 Å². The fourth-order valence-electron chi connectivity index (χ4n) is 4.71. The number of primary amides is 1. The Morgan fingerprint density at radius 3 is 2.49 bits per heavy atom. The predicted octanol–water partition coefficient (Wildman–Crippen LogP) is 4.56. The molecule has 0 saturated carbocycles. The van der Waals surface area contributed by atoms with E-state index in [-0.39, 0.29) is 11.2 Å². The molecule has 0 radical (unpaired) electrons. The van der Waals surface area contributed by atoms with Gasteiger partial charge in [0.25, 0.3) is 0 Å². The number of esters is 1. The van der Waals surface area contributed by atoms with E-state index in [0.717, 1.165) is 60.6 Å². The molecule has 8 nitrogen and oxygen atoms in total. The minimum atomic E-state index is -0.451. The van der Waals surface area contributed by atoms with Crippen molar-refractivity contribution < 1.29 is 14.3 Å². The maximum atomic E-state index is 11.7. The van der Waals surface area contributed by atoms with Crippen molar-refractivity contribution in [1.82, 2.24) is 9.97 Å². The first kappa shape index (κ1) is 25.1. The zero-order valence-electron chi connectivity index (χ0n) is 20.9. The molecule has 1 aromatic heterocycles. The maximum Gasteiger partial charge on any atom is 0.319 e. The number of aryl methyl sites for hydroxylation is 1. The predicted molar refractivity (Wildman–Crippen MR) is 147 cm³/mol. The molecular formula is C28H31N5O3S. The second-order valence-corrected chi connectivity index (χ2v) is 10.8. The quantitative estimate of drug-likeness (QED) is 0.419. The van der Waals surface area contributed by atoms with Crippen LogP contribution < -0.4 is 16.0 Å². The van der Waals surface area contributed by atoms with Crippen molar-refractivity contribution >= 4 is 41.0 Å². The number of ether oxygens (including phenoxy) is 1. The molecule has 37 heavy (non-hydrogen) atoms. The second-order valence-electron chi connectivity index (χ2n) is 9.55. The van der Waals surface area contributed by atoms with Crippen molar-refractivity contribution in [2.24, 2.45) is 11.7 Å². The van der Waals surface area contributed by atoms with Crippen molar-refractivity contribution in [3.8, 4) is 11.3 Å². The molecular weight excluding hydrogens is 486 g/mol. The second kappa shape index (κ2) is 11.2. The van der Waals surface area contributed by atoms with Crippen molar-refractivity contribution in [1.29, 1.82) is 0 Å². The number of piperidine rings is 1. The molecule has 2 aromatic carbocycles. The Kier molecular flexibility index (Phi) is 7.60. The van der Waals surface area contributed by atoms with Gasteiger partial charge in [-0.2, -0.15) is 0 Å². The van der Waals surface area contributed by atoms with Crippen molar-refractivity contribution in [2.75, 3.05) is 35.7 Å². The van der Waals surface area contributed by atoms with Gasteiger partial charge >= 0.3 is 5.97 Å². The molecule has 1 amide bonds. The number of benzene rings is 2. The number of nitrogens with zero attached hydrogens (tertiary/aromatic N) is 3. The number of rotatable bonds is 8. The topological polar surface area (TPSA) is 110 Å². The highest BCUT2D eigenvalue weighted by Crippen LogP contribution is 2.30. The molecule has 2 fully saturated rings. The van der Waals surface area contributed by atoms with Crippen LogP contribution in [0.2, 0.25) is 0 Å². The number of aromatic nitrogens is 2. The minimum Gasteiger partial charge on any atom is -0.465 e. The minimum absolute atomic E-state index is 0.0362. The summed E-state index contributed by atoms with van der Waals surface area (Å²) < 4.78 is 5.07. The molecule has 0 aliphatic carbocycles. The third-order valence-corrected chi connectivity index (χ3v) is 8.43. The molecule has 0 bridgehead atoms. The highest BCUT2D eigenvalue weighted by atomic mass is 32.2. The third kappa shape index (κ3) is 6.05. The lowest BCUT2D eigenvalue weighted by molar-refractivity contribution is -0.137. The first-order chi connectivity index (χ1) is 18.0. The number of anilines is 3. The number of nitrogens with one attached hydrogen (secondary N) is 1. The molecule has 1 unspecified atom stereocenters. The largest absolute Gasteiger partial charge is 0.465 e. The van der Waals surface area contributed by atoms with Crippen LogP contribution in [0.5, 0.6) is 0 Å². The summed E-state index contributed by atoms with van der Waals surface area (Å²) in [5, 5.41) is 3.34. The SMILES string of the molecule is Cc1cnc(Nc2ccc(N3CCC(CSC4CCOC4=O)CC3)cc2)nc1-c1ccc(C(N)=O)cc1. The highest BCUT2D eigenvalue weighted by Gasteiger charge is 2.28. The Hall–Kier alpha value is -3.59. The molecule has 5 rings (SSSR count). The van der Waals surface area contributed by atoms with Crippen LogP contribution in [0.1, 0.15) is 35.2 Å². The van der Waals surface area contributed by atoms with Gasteiger partial charge in [-0.15, -0.1) is 11.8 Å². The van der Waals surface area contributed by atoms with E-state index in [2.05, 4.69) is 27.3 Å². The summed E-state index contributed by atoms with van der Waals surface area (Å²) >= 11 is 1.77. The zero-order valence-corrected chi connectivity index (χ0v) is 21.7. The van der Waals surface area contributed by atoms with Gasteiger partial charge in [-0.05, 0) is 73.4 Å². The van der Waals surface area contributed by atoms with Crippen LogP contribution in [0, 0.1) is 12.8 Å². The van der Waals surface area contributed by atoms with Gasteiger partial charge in [-0.3, -0.25) is 9.59 Å². The molecule has 2 aliphatic heterocycles. The number of thioether (sulfide) groups is 1. The maximum absolute atomic E-state index is 11.7. The fraction of sp³-hybridized carbons (Fsp3) is 0.357. The number of carbonyl (C=O) groups excluding carboxylic acids is 2. The lowest BCUT2D eigenvalue weighted by Gasteiger charge is -2.33.